The Kier molecular flexibility index (Phi) is 11.1. The molecule has 14 nitrogen and oxygen atoms in total. The number of sulfonamides is 4. The third-order valence-electron chi connectivity index (χ3n) is 6.17. The minimum atomic E-state index is -4.12. The molecule has 43 heavy (non-hydrogen) atoms. The fourth-order valence-electron chi connectivity index (χ4n) is 3.89. The van der Waals surface area contributed by atoms with Crippen molar-refractivity contribution >= 4 is 98.0 Å². The minimum absolute atomic E-state index is 0.0176. The summed E-state index contributed by atoms with van der Waals surface area (Å²) in [6, 6.07) is 4.41. The maximum Gasteiger partial charge on any atom is 0.246 e. The quantitative estimate of drug-likeness (QED) is 0.182. The predicted octanol–water partition coefficient (Wildman–Crippen LogP) is 1.88. The summed E-state index contributed by atoms with van der Waals surface area (Å²) in [5, 5.41) is 15.7. The zero-order valence-electron chi connectivity index (χ0n) is 22.4. The summed E-state index contributed by atoms with van der Waals surface area (Å²) >= 11 is 19.0. The van der Waals surface area contributed by atoms with Gasteiger partial charge < -0.3 is 10.6 Å². The van der Waals surface area contributed by atoms with Crippen molar-refractivity contribution in [1.29, 1.82) is 0 Å². The van der Waals surface area contributed by atoms with E-state index in [0.717, 1.165) is 20.7 Å². The van der Waals surface area contributed by atoms with Gasteiger partial charge in [0.15, 0.2) is 0 Å². The standard InChI is InChI=1S/C12H16ClN3O4S3.C9H11Cl2N3O4S2/c1-3-4-21-7-12-15-9-5-8(13)10(22(14,17)18)6-11(9)23(19,20)16(12)2;1-14-9(4-10)13-6-2-5(11)7(19(12,15)16)3-8(6)20(14,17)18/h3,5-6,12,15H,1,4,7H2,2H3,(H2,14,17,18);2-3,9,13H,4H2,1H3,(H2,12,15,16)/t;9-/m.0/s1. The first kappa shape index (κ1) is 36.1. The summed E-state index contributed by atoms with van der Waals surface area (Å²) < 4.78 is 97.9. The summed E-state index contributed by atoms with van der Waals surface area (Å²) in [5.74, 6) is 1.20. The highest BCUT2D eigenvalue weighted by Gasteiger charge is 2.38. The highest BCUT2D eigenvalue weighted by molar-refractivity contribution is 7.99. The smallest absolute Gasteiger partial charge is 0.246 e. The molecule has 240 valence electrons. The number of hydrogen-bond donors (Lipinski definition) is 4. The maximum atomic E-state index is 12.6. The number of alkyl halides is 1. The summed E-state index contributed by atoms with van der Waals surface area (Å²) in [6.07, 6.45) is 0.602. The molecule has 0 fully saturated rings. The van der Waals surface area contributed by atoms with Crippen LogP contribution < -0.4 is 20.9 Å². The van der Waals surface area contributed by atoms with Crippen LogP contribution in [0.15, 0.2) is 56.5 Å². The summed E-state index contributed by atoms with van der Waals surface area (Å²) in [6.45, 7) is 3.61. The fourth-order valence-corrected chi connectivity index (χ4v) is 10.4. The highest BCUT2D eigenvalue weighted by Crippen LogP contribution is 2.38. The van der Waals surface area contributed by atoms with Crippen molar-refractivity contribution < 1.29 is 33.7 Å². The maximum absolute atomic E-state index is 12.6. The van der Waals surface area contributed by atoms with Crippen LogP contribution in [0, 0.1) is 0 Å². The Balaban J connectivity index is 0.000000238. The normalized spacial score (nSPS) is 21.3. The second-order valence-electron chi connectivity index (χ2n) is 8.99. The lowest BCUT2D eigenvalue weighted by atomic mass is 10.3. The van der Waals surface area contributed by atoms with Gasteiger partial charge in [0.25, 0.3) is 0 Å². The number of halogens is 3. The second-order valence-corrected chi connectivity index (χ2v) is 18.2. The molecule has 6 N–H and O–H groups in total. The Labute approximate surface area is 269 Å². The average Bonchev–Trinajstić information content (AvgIpc) is 2.87. The van der Waals surface area contributed by atoms with Crippen LogP contribution in [0.1, 0.15) is 0 Å². The van der Waals surface area contributed by atoms with Crippen molar-refractivity contribution in [2.45, 2.75) is 31.9 Å². The van der Waals surface area contributed by atoms with Gasteiger partial charge in [-0.25, -0.2) is 43.9 Å². The minimum Gasteiger partial charge on any atom is -0.367 e. The molecule has 2 atom stereocenters. The van der Waals surface area contributed by atoms with Crippen molar-refractivity contribution in [1.82, 2.24) is 8.61 Å². The number of benzene rings is 2. The van der Waals surface area contributed by atoms with E-state index in [1.165, 1.54) is 38.0 Å². The molecule has 0 aliphatic carbocycles. The molecule has 2 aliphatic rings. The van der Waals surface area contributed by atoms with E-state index in [2.05, 4.69) is 17.2 Å². The Morgan fingerprint density at radius 2 is 1.26 bits per heavy atom. The molecule has 0 amide bonds. The van der Waals surface area contributed by atoms with Gasteiger partial charge in [-0.05, 0) is 24.3 Å². The number of primary sulfonamides is 2. The summed E-state index contributed by atoms with van der Waals surface area (Å²) in [5.41, 5.74) is 0.441. The lowest BCUT2D eigenvalue weighted by molar-refractivity contribution is 0.411. The number of hydrogen-bond acceptors (Lipinski definition) is 11. The molecule has 0 saturated carbocycles. The molecular weight excluding hydrogens is 731 g/mol. The largest absolute Gasteiger partial charge is 0.367 e. The number of nitrogens with zero attached hydrogens (tertiary/aromatic N) is 2. The van der Waals surface area contributed by atoms with Crippen LogP contribution in [0.4, 0.5) is 11.4 Å². The van der Waals surface area contributed by atoms with Gasteiger partial charge >= 0.3 is 0 Å². The zero-order chi connectivity index (χ0) is 32.7. The average molecular weight is 758 g/mol. The Bertz CT molecular complexity index is 1880. The van der Waals surface area contributed by atoms with Crippen molar-refractivity contribution in [2.75, 3.05) is 42.1 Å². The van der Waals surface area contributed by atoms with Crippen molar-refractivity contribution in [2.24, 2.45) is 10.3 Å². The van der Waals surface area contributed by atoms with E-state index in [9.17, 15) is 33.7 Å². The number of rotatable bonds is 7. The van der Waals surface area contributed by atoms with E-state index in [4.69, 9.17) is 45.1 Å². The lowest BCUT2D eigenvalue weighted by Gasteiger charge is -2.34. The molecule has 0 bridgehead atoms. The molecule has 0 saturated heterocycles. The third kappa shape index (κ3) is 7.55. The Hall–Kier alpha value is -1.36. The van der Waals surface area contributed by atoms with Crippen LogP contribution in [-0.4, -0.2) is 86.1 Å². The second kappa shape index (κ2) is 13.2. The number of thioether (sulfide) groups is 1. The number of fused-ring (bicyclic) bond motifs is 2. The molecule has 0 spiro atoms. The fraction of sp³-hybridized carbons (Fsp3) is 0.333. The molecule has 2 aromatic rings. The van der Waals surface area contributed by atoms with Crippen molar-refractivity contribution in [3.8, 4) is 0 Å². The third-order valence-corrected chi connectivity index (χ3v) is 14.1. The number of nitrogens with one attached hydrogen (secondary N) is 2. The lowest BCUT2D eigenvalue weighted by Crippen LogP contribution is -2.47. The molecule has 4 rings (SSSR count). The highest BCUT2D eigenvalue weighted by atomic mass is 35.5. The molecule has 0 aromatic heterocycles. The Morgan fingerprint density at radius 1 is 0.860 bits per heavy atom. The van der Waals surface area contributed by atoms with E-state index >= 15 is 0 Å². The molecule has 2 aromatic carbocycles. The molecule has 0 radical (unpaired) electrons. The van der Waals surface area contributed by atoms with Gasteiger partial charge in [0.2, 0.25) is 40.1 Å². The van der Waals surface area contributed by atoms with Crippen LogP contribution in [0.3, 0.4) is 0 Å². The van der Waals surface area contributed by atoms with E-state index in [1.54, 1.807) is 6.08 Å². The van der Waals surface area contributed by atoms with E-state index in [0.29, 0.717) is 11.5 Å². The molecule has 2 heterocycles. The zero-order valence-corrected chi connectivity index (χ0v) is 28.7. The first-order valence-corrected chi connectivity index (χ1v) is 20.1. The van der Waals surface area contributed by atoms with Gasteiger partial charge in [0.05, 0.1) is 27.3 Å². The van der Waals surface area contributed by atoms with E-state index in [-0.39, 0.29) is 37.1 Å². The topological polar surface area (TPSA) is 219 Å². The van der Waals surface area contributed by atoms with Crippen LogP contribution in [-0.2, 0) is 40.1 Å². The van der Waals surface area contributed by atoms with E-state index in [1.807, 2.05) is 0 Å². The van der Waals surface area contributed by atoms with Gasteiger partial charge in [-0.2, -0.15) is 20.4 Å². The van der Waals surface area contributed by atoms with Gasteiger partial charge in [-0.1, -0.05) is 29.3 Å². The van der Waals surface area contributed by atoms with Gasteiger partial charge in [0, 0.05) is 25.6 Å². The van der Waals surface area contributed by atoms with E-state index < -0.39 is 62.2 Å². The van der Waals surface area contributed by atoms with Gasteiger partial charge in [-0.3, -0.25) is 0 Å². The SMILES string of the molecule is C=CCSCC1Nc2cc(Cl)c(S(N)(=O)=O)cc2S(=O)(=O)N1C.CN1[C@@H](CCl)Nc2cc(Cl)c(S(N)(=O)=O)cc2S1(=O)=O. The predicted molar refractivity (Wildman–Crippen MR) is 169 cm³/mol. The molecule has 1 unspecified atom stereocenters. The van der Waals surface area contributed by atoms with Gasteiger partial charge in [-0.15, -0.1) is 18.2 Å². The van der Waals surface area contributed by atoms with Crippen LogP contribution in [0.25, 0.3) is 0 Å². The Morgan fingerprint density at radius 3 is 1.63 bits per heavy atom. The molecular formula is C21H27Cl3N6O8S5. The van der Waals surface area contributed by atoms with Gasteiger partial charge in [0.1, 0.15) is 31.9 Å². The van der Waals surface area contributed by atoms with Crippen LogP contribution >= 0.6 is 46.6 Å². The van der Waals surface area contributed by atoms with Crippen LogP contribution in [0.5, 0.6) is 0 Å². The first-order chi connectivity index (χ1) is 19.7. The summed E-state index contributed by atoms with van der Waals surface area (Å²) in [7, 11) is -13.2. The number of nitrogens with two attached hydrogens (primary N) is 2. The van der Waals surface area contributed by atoms with Crippen LogP contribution in [0.2, 0.25) is 10.0 Å². The molecule has 2 aliphatic heterocycles. The van der Waals surface area contributed by atoms with Crippen molar-refractivity contribution in [3.63, 3.8) is 0 Å². The first-order valence-electron chi connectivity index (χ1n) is 11.6. The summed E-state index contributed by atoms with van der Waals surface area (Å²) in [4.78, 5) is -1.25. The monoisotopic (exact) mass is 756 g/mol. The number of anilines is 2. The van der Waals surface area contributed by atoms with Crippen molar-refractivity contribution in [3.05, 3.63) is 47.0 Å². The molecule has 22 heteroatoms.